The Morgan fingerprint density at radius 3 is 2.89 bits per heavy atom. The van der Waals surface area contributed by atoms with Gasteiger partial charge in [0.1, 0.15) is 18.1 Å². The summed E-state index contributed by atoms with van der Waals surface area (Å²) in [5.41, 5.74) is 1.22. The normalized spacial score (nSPS) is 22.9. The summed E-state index contributed by atoms with van der Waals surface area (Å²) >= 11 is 0. The number of nitrogens with one attached hydrogen (secondary N) is 1. The highest BCUT2D eigenvalue weighted by atomic mass is 16.5. The topological polar surface area (TPSA) is 34.4 Å². The van der Waals surface area contributed by atoms with Gasteiger partial charge >= 0.3 is 0 Å². The van der Waals surface area contributed by atoms with Crippen LogP contribution in [0.15, 0.2) is 22.6 Å². The van der Waals surface area contributed by atoms with Crippen LogP contribution in [0.1, 0.15) is 36.8 Å². The molecule has 0 aromatic carbocycles. The summed E-state index contributed by atoms with van der Waals surface area (Å²) in [5, 5.41) is 3.14. The average molecular weight is 263 g/mol. The fourth-order valence-corrected chi connectivity index (χ4v) is 2.57. The number of allylic oxidation sites excluding steroid dienone is 2. The van der Waals surface area contributed by atoms with Crippen molar-refractivity contribution in [3.05, 3.63) is 35.3 Å². The molecule has 0 saturated carbocycles. The van der Waals surface area contributed by atoms with Gasteiger partial charge in [-0.2, -0.15) is 0 Å². The van der Waals surface area contributed by atoms with Crippen molar-refractivity contribution in [1.82, 2.24) is 5.32 Å². The second-order valence-electron chi connectivity index (χ2n) is 5.52. The molecule has 1 N–H and O–H groups in total. The third-order valence-corrected chi connectivity index (χ3v) is 3.93. The van der Waals surface area contributed by atoms with Gasteiger partial charge in [-0.3, -0.25) is 0 Å². The van der Waals surface area contributed by atoms with Crippen molar-refractivity contribution in [2.75, 3.05) is 13.7 Å². The lowest BCUT2D eigenvalue weighted by atomic mass is 9.85. The zero-order valence-corrected chi connectivity index (χ0v) is 12.2. The quantitative estimate of drug-likeness (QED) is 0.799. The maximum absolute atomic E-state index is 5.83. The molecule has 0 amide bonds. The van der Waals surface area contributed by atoms with Gasteiger partial charge in [-0.15, -0.1) is 0 Å². The SMILES string of the molecule is CNCc1cc(COCC2CC=CCC2C)oc1C. The van der Waals surface area contributed by atoms with Gasteiger partial charge in [0, 0.05) is 12.1 Å². The molecule has 1 heterocycles. The molecular weight excluding hydrogens is 238 g/mol. The maximum Gasteiger partial charge on any atom is 0.130 e. The van der Waals surface area contributed by atoms with Crippen LogP contribution in [0.4, 0.5) is 0 Å². The Kier molecular flexibility index (Phi) is 5.23. The van der Waals surface area contributed by atoms with Gasteiger partial charge in [0.25, 0.3) is 0 Å². The highest BCUT2D eigenvalue weighted by Crippen LogP contribution is 2.25. The summed E-state index contributed by atoms with van der Waals surface area (Å²) < 4.78 is 11.5. The molecule has 19 heavy (non-hydrogen) atoms. The fraction of sp³-hybridized carbons (Fsp3) is 0.625. The number of aryl methyl sites for hydroxylation is 1. The van der Waals surface area contributed by atoms with Crippen LogP contribution < -0.4 is 5.32 Å². The van der Waals surface area contributed by atoms with Crippen molar-refractivity contribution in [3.63, 3.8) is 0 Å². The third-order valence-electron chi connectivity index (χ3n) is 3.93. The summed E-state index contributed by atoms with van der Waals surface area (Å²) in [4.78, 5) is 0. The van der Waals surface area contributed by atoms with Gasteiger partial charge in [0.05, 0.1) is 6.61 Å². The summed E-state index contributed by atoms with van der Waals surface area (Å²) in [7, 11) is 1.95. The lowest BCUT2D eigenvalue weighted by molar-refractivity contribution is 0.0579. The molecule has 1 aliphatic carbocycles. The Balaban J connectivity index is 1.79. The molecule has 2 rings (SSSR count). The van der Waals surface area contributed by atoms with E-state index in [-0.39, 0.29) is 0 Å². The largest absolute Gasteiger partial charge is 0.464 e. The van der Waals surface area contributed by atoms with Gasteiger partial charge in [-0.1, -0.05) is 19.1 Å². The van der Waals surface area contributed by atoms with Crippen molar-refractivity contribution in [2.45, 2.75) is 39.8 Å². The molecule has 2 unspecified atom stereocenters. The maximum atomic E-state index is 5.83. The molecule has 1 aromatic heterocycles. The Hall–Kier alpha value is -1.06. The van der Waals surface area contributed by atoms with E-state index >= 15 is 0 Å². The monoisotopic (exact) mass is 263 g/mol. The van der Waals surface area contributed by atoms with E-state index in [1.807, 2.05) is 14.0 Å². The van der Waals surface area contributed by atoms with E-state index < -0.39 is 0 Å². The highest BCUT2D eigenvalue weighted by molar-refractivity contribution is 5.20. The first kappa shape index (κ1) is 14.4. The number of hydrogen-bond acceptors (Lipinski definition) is 3. The van der Waals surface area contributed by atoms with Crippen LogP contribution in [0.5, 0.6) is 0 Å². The van der Waals surface area contributed by atoms with Crippen molar-refractivity contribution >= 4 is 0 Å². The molecule has 1 aromatic rings. The molecule has 3 nitrogen and oxygen atoms in total. The van der Waals surface area contributed by atoms with E-state index in [4.69, 9.17) is 9.15 Å². The first-order valence-corrected chi connectivity index (χ1v) is 7.16. The zero-order valence-electron chi connectivity index (χ0n) is 12.2. The van der Waals surface area contributed by atoms with Crippen LogP contribution >= 0.6 is 0 Å². The molecule has 0 fully saturated rings. The first-order valence-electron chi connectivity index (χ1n) is 7.16. The molecule has 1 aliphatic rings. The minimum Gasteiger partial charge on any atom is -0.464 e. The molecule has 0 radical (unpaired) electrons. The first-order chi connectivity index (χ1) is 9.20. The molecule has 3 heteroatoms. The number of rotatable bonds is 6. The minimum atomic E-state index is 0.581. The number of hydrogen-bond donors (Lipinski definition) is 1. The lowest BCUT2D eigenvalue weighted by Crippen LogP contribution is -2.19. The zero-order chi connectivity index (χ0) is 13.7. The standard InChI is InChI=1S/C16H25NO2/c1-12-6-4-5-7-14(12)10-18-11-16-8-15(9-17-3)13(2)19-16/h4-5,8,12,14,17H,6-7,9-11H2,1-3H3. The van der Waals surface area contributed by atoms with Gasteiger partial charge < -0.3 is 14.5 Å². The molecule has 0 saturated heterocycles. The summed E-state index contributed by atoms with van der Waals surface area (Å²) in [6.45, 7) is 6.56. The van der Waals surface area contributed by atoms with E-state index in [9.17, 15) is 0 Å². The third kappa shape index (κ3) is 3.95. The number of furan rings is 1. The van der Waals surface area contributed by atoms with Crippen LogP contribution in [0.3, 0.4) is 0 Å². The summed E-state index contributed by atoms with van der Waals surface area (Å²) in [5.74, 6) is 3.30. The van der Waals surface area contributed by atoms with Crippen molar-refractivity contribution in [2.24, 2.45) is 11.8 Å². The van der Waals surface area contributed by atoms with Crippen molar-refractivity contribution < 1.29 is 9.15 Å². The van der Waals surface area contributed by atoms with Crippen molar-refractivity contribution in [1.29, 1.82) is 0 Å². The molecule has 106 valence electrons. The van der Waals surface area contributed by atoms with Gasteiger partial charge in [0.15, 0.2) is 0 Å². The number of ether oxygens (including phenoxy) is 1. The molecule has 0 aliphatic heterocycles. The Morgan fingerprint density at radius 1 is 1.37 bits per heavy atom. The minimum absolute atomic E-state index is 0.581. The average Bonchev–Trinajstić information content (AvgIpc) is 2.73. The van der Waals surface area contributed by atoms with Crippen molar-refractivity contribution in [3.8, 4) is 0 Å². The molecule has 0 bridgehead atoms. The predicted molar refractivity (Wildman–Crippen MR) is 76.9 cm³/mol. The highest BCUT2D eigenvalue weighted by Gasteiger charge is 2.18. The van der Waals surface area contributed by atoms with Crippen LogP contribution in [0.2, 0.25) is 0 Å². The Bertz CT molecular complexity index is 422. The summed E-state index contributed by atoms with van der Waals surface area (Å²) in [6, 6.07) is 2.09. The Morgan fingerprint density at radius 2 is 2.16 bits per heavy atom. The predicted octanol–water partition coefficient (Wildman–Crippen LogP) is 3.43. The van der Waals surface area contributed by atoms with Crippen LogP contribution in [0.25, 0.3) is 0 Å². The molecule has 0 spiro atoms. The van der Waals surface area contributed by atoms with E-state index in [1.165, 1.54) is 12.0 Å². The summed E-state index contributed by atoms with van der Waals surface area (Å²) in [6.07, 6.45) is 6.88. The van der Waals surface area contributed by atoms with E-state index in [0.717, 1.165) is 37.0 Å². The van der Waals surface area contributed by atoms with Gasteiger partial charge in [-0.05, 0) is 44.7 Å². The molecule has 2 atom stereocenters. The van der Waals surface area contributed by atoms with Gasteiger partial charge in [-0.25, -0.2) is 0 Å². The van der Waals surface area contributed by atoms with E-state index in [0.29, 0.717) is 12.5 Å². The van der Waals surface area contributed by atoms with E-state index in [1.54, 1.807) is 0 Å². The second-order valence-corrected chi connectivity index (χ2v) is 5.52. The van der Waals surface area contributed by atoms with Crippen LogP contribution in [-0.4, -0.2) is 13.7 Å². The van der Waals surface area contributed by atoms with Crippen LogP contribution in [-0.2, 0) is 17.9 Å². The Labute approximate surface area is 116 Å². The smallest absolute Gasteiger partial charge is 0.130 e. The fourth-order valence-electron chi connectivity index (χ4n) is 2.57. The van der Waals surface area contributed by atoms with E-state index in [2.05, 4.69) is 30.5 Å². The lowest BCUT2D eigenvalue weighted by Gasteiger charge is -2.24. The van der Waals surface area contributed by atoms with Crippen LogP contribution in [0, 0.1) is 18.8 Å². The molecular formula is C16H25NO2. The van der Waals surface area contributed by atoms with Gasteiger partial charge in [0.2, 0.25) is 0 Å². The second kappa shape index (κ2) is 6.92.